The van der Waals surface area contributed by atoms with Gasteiger partial charge in [0.25, 0.3) is 5.91 Å². The van der Waals surface area contributed by atoms with Crippen LogP contribution in [0, 0.1) is 24.7 Å². The molecule has 1 amide bonds. The highest BCUT2D eigenvalue weighted by molar-refractivity contribution is 8.16. The van der Waals surface area contributed by atoms with Gasteiger partial charge in [-0.05, 0) is 13.3 Å². The summed E-state index contributed by atoms with van der Waals surface area (Å²) in [5, 5.41) is 15.2. The number of nitrogens with two attached hydrogens (primary N) is 1. The van der Waals surface area contributed by atoms with E-state index in [1.807, 2.05) is 6.92 Å². The van der Waals surface area contributed by atoms with Gasteiger partial charge in [0.1, 0.15) is 28.9 Å². The van der Waals surface area contributed by atoms with E-state index in [-0.39, 0.29) is 41.6 Å². The number of oxime groups is 1. The van der Waals surface area contributed by atoms with E-state index in [1.54, 1.807) is 6.92 Å². The van der Waals surface area contributed by atoms with Gasteiger partial charge in [-0.3, -0.25) is 10.5 Å². The number of amides is 1. The quantitative estimate of drug-likeness (QED) is 0.227. The van der Waals surface area contributed by atoms with Crippen molar-refractivity contribution in [1.82, 2.24) is 5.32 Å². The van der Waals surface area contributed by atoms with E-state index in [0.29, 0.717) is 17.9 Å². The molecule has 1 aromatic rings. The lowest BCUT2D eigenvalue weighted by Gasteiger charge is -2.24. The first-order valence-corrected chi connectivity index (χ1v) is 10.5. The van der Waals surface area contributed by atoms with Gasteiger partial charge in [-0.25, -0.2) is 9.79 Å². The first-order chi connectivity index (χ1) is 14.8. The summed E-state index contributed by atoms with van der Waals surface area (Å²) in [7, 11) is 0. The van der Waals surface area contributed by atoms with Crippen LogP contribution in [0.1, 0.15) is 44.1 Å². The zero-order valence-electron chi connectivity index (χ0n) is 17.3. The van der Waals surface area contributed by atoms with E-state index in [1.165, 1.54) is 17.8 Å². The average Bonchev–Trinajstić information content (AvgIpc) is 3.16. The van der Waals surface area contributed by atoms with Crippen LogP contribution in [-0.4, -0.2) is 39.9 Å². The monoisotopic (exact) mass is 444 g/mol. The minimum Gasteiger partial charge on any atom is -0.480 e. The van der Waals surface area contributed by atoms with Crippen molar-refractivity contribution in [2.75, 3.05) is 12.4 Å². The molecule has 1 aromatic heterocycles. The van der Waals surface area contributed by atoms with Crippen molar-refractivity contribution in [2.24, 2.45) is 15.9 Å². The minimum atomic E-state index is -1.55. The molecule has 0 fully saturated rings. The summed E-state index contributed by atoms with van der Waals surface area (Å²) >= 11 is 1.21. The minimum absolute atomic E-state index is 0.0136. The number of hydrogen-bond acceptors (Lipinski definition) is 9. The maximum absolute atomic E-state index is 12.9. The third kappa shape index (κ3) is 5.69. The Balaban J connectivity index is 2.36. The van der Waals surface area contributed by atoms with Gasteiger partial charge >= 0.3 is 5.63 Å². The SMILES string of the molecule is C#CCOc1cc([C@@H](CCC)NC(=O)[C@]2(N)CSC(/C(C)=N/O)=N2)oc(=O)c1CC#C. The fourth-order valence-electron chi connectivity index (χ4n) is 2.82. The fraction of sp³-hybridized carbons (Fsp3) is 0.429. The first kappa shape index (κ1) is 24.1. The number of thioether (sulfide) groups is 1. The van der Waals surface area contributed by atoms with Crippen LogP contribution in [0.15, 0.2) is 25.4 Å². The topological polar surface area (TPSA) is 140 Å². The van der Waals surface area contributed by atoms with Crippen molar-refractivity contribution < 1.29 is 19.2 Å². The predicted molar refractivity (Wildman–Crippen MR) is 119 cm³/mol. The van der Waals surface area contributed by atoms with Crippen molar-refractivity contribution >= 4 is 28.4 Å². The molecule has 1 aliphatic heterocycles. The molecule has 2 rings (SSSR count). The predicted octanol–water partition coefficient (Wildman–Crippen LogP) is 1.44. The van der Waals surface area contributed by atoms with Gasteiger partial charge in [-0.1, -0.05) is 24.4 Å². The lowest BCUT2D eigenvalue weighted by Crippen LogP contribution is -2.54. The van der Waals surface area contributed by atoms with Gasteiger partial charge in [0.05, 0.1) is 11.6 Å². The Morgan fingerprint density at radius 1 is 1.55 bits per heavy atom. The molecule has 0 unspecified atom stereocenters. The number of hydrogen-bond donors (Lipinski definition) is 3. The molecule has 0 spiro atoms. The number of ether oxygens (including phenoxy) is 1. The summed E-state index contributed by atoms with van der Waals surface area (Å²) in [6.07, 6.45) is 11.7. The van der Waals surface area contributed by atoms with Crippen molar-refractivity contribution in [3.05, 3.63) is 27.8 Å². The molecule has 1 aliphatic rings. The van der Waals surface area contributed by atoms with Crippen molar-refractivity contribution in [2.45, 2.75) is 44.8 Å². The fourth-order valence-corrected chi connectivity index (χ4v) is 3.85. The molecule has 10 heteroatoms. The number of aliphatic imine (C=N–C) groups is 1. The van der Waals surface area contributed by atoms with Crippen LogP contribution in [0.5, 0.6) is 5.75 Å². The second-order valence-corrected chi connectivity index (χ2v) is 7.75. The summed E-state index contributed by atoms with van der Waals surface area (Å²) in [5.74, 6) is 4.74. The van der Waals surface area contributed by atoms with E-state index in [4.69, 9.17) is 32.9 Å². The maximum atomic E-state index is 12.9. The van der Waals surface area contributed by atoms with Crippen molar-refractivity contribution in [1.29, 1.82) is 0 Å². The van der Waals surface area contributed by atoms with Crippen LogP contribution < -0.4 is 21.4 Å². The molecule has 164 valence electrons. The molecule has 0 aliphatic carbocycles. The smallest absolute Gasteiger partial charge is 0.343 e. The second-order valence-electron chi connectivity index (χ2n) is 6.78. The van der Waals surface area contributed by atoms with Gasteiger partial charge in [0, 0.05) is 18.2 Å². The van der Waals surface area contributed by atoms with E-state index >= 15 is 0 Å². The van der Waals surface area contributed by atoms with E-state index in [9.17, 15) is 9.59 Å². The summed E-state index contributed by atoms with van der Waals surface area (Å²) < 4.78 is 10.9. The lowest BCUT2D eigenvalue weighted by molar-refractivity contribution is -0.126. The molecular formula is C21H24N4O5S. The third-order valence-corrected chi connectivity index (χ3v) is 5.67. The Labute approximate surface area is 184 Å². The molecule has 9 nitrogen and oxygen atoms in total. The number of nitrogens with zero attached hydrogens (tertiary/aromatic N) is 2. The second kappa shape index (κ2) is 10.7. The zero-order chi connectivity index (χ0) is 23.0. The highest BCUT2D eigenvalue weighted by atomic mass is 32.2. The van der Waals surface area contributed by atoms with Crippen LogP contribution in [-0.2, 0) is 11.2 Å². The Morgan fingerprint density at radius 3 is 2.90 bits per heavy atom. The molecule has 2 atom stereocenters. The van der Waals surface area contributed by atoms with Gasteiger partial charge < -0.3 is 19.7 Å². The van der Waals surface area contributed by atoms with Gasteiger partial charge in [-0.2, -0.15) is 0 Å². The van der Waals surface area contributed by atoms with Crippen LogP contribution in [0.4, 0.5) is 0 Å². The van der Waals surface area contributed by atoms with Crippen LogP contribution in [0.25, 0.3) is 0 Å². The highest BCUT2D eigenvalue weighted by Gasteiger charge is 2.41. The standard InChI is InChI=1S/C21H24N4O5S/c1-5-8-14-16(29-10-7-3)11-17(30-19(14)26)15(9-6-2)23-20(27)21(22)12-31-18(24-21)13(4)25-28/h1,3,11,15,28H,6,8-10,12,22H2,2,4H3,(H,23,27)/b25-13+/t15-,21+/m1/s1. The van der Waals surface area contributed by atoms with Gasteiger partial charge in [-0.15, -0.1) is 30.5 Å². The Kier molecular flexibility index (Phi) is 8.31. The molecule has 0 aromatic carbocycles. The number of nitrogens with one attached hydrogen (secondary N) is 1. The Hall–Kier alpha value is -3.21. The van der Waals surface area contributed by atoms with Crippen LogP contribution in [0.2, 0.25) is 0 Å². The van der Waals surface area contributed by atoms with Crippen molar-refractivity contribution in [3.8, 4) is 30.4 Å². The van der Waals surface area contributed by atoms with E-state index in [0.717, 1.165) is 0 Å². The number of carbonyl (C=O) groups excluding carboxylic acids is 1. The Bertz CT molecular complexity index is 1030. The molecule has 0 saturated carbocycles. The van der Waals surface area contributed by atoms with E-state index < -0.39 is 23.2 Å². The molecule has 2 heterocycles. The number of terminal acetylenes is 2. The lowest BCUT2D eigenvalue weighted by atomic mass is 10.1. The number of carbonyl (C=O) groups is 1. The molecule has 0 radical (unpaired) electrons. The van der Waals surface area contributed by atoms with Crippen LogP contribution in [0.3, 0.4) is 0 Å². The maximum Gasteiger partial charge on any atom is 0.343 e. The largest absolute Gasteiger partial charge is 0.480 e. The third-order valence-electron chi connectivity index (χ3n) is 4.43. The van der Waals surface area contributed by atoms with Gasteiger partial charge in [0.2, 0.25) is 0 Å². The average molecular weight is 445 g/mol. The zero-order valence-corrected chi connectivity index (χ0v) is 18.1. The van der Waals surface area contributed by atoms with E-state index in [2.05, 4.69) is 27.3 Å². The molecule has 4 N–H and O–H groups in total. The highest BCUT2D eigenvalue weighted by Crippen LogP contribution is 2.28. The normalized spacial score (nSPS) is 19.1. The summed E-state index contributed by atoms with van der Waals surface area (Å²) in [4.78, 5) is 29.6. The summed E-state index contributed by atoms with van der Waals surface area (Å²) in [5.41, 5.74) is 4.41. The van der Waals surface area contributed by atoms with Gasteiger partial charge in [0.15, 0.2) is 5.66 Å². The molecule has 0 saturated heterocycles. The number of rotatable bonds is 9. The van der Waals surface area contributed by atoms with Crippen molar-refractivity contribution in [3.63, 3.8) is 0 Å². The molecule has 0 bridgehead atoms. The van der Waals surface area contributed by atoms with Crippen LogP contribution >= 0.6 is 11.8 Å². The summed E-state index contributed by atoms with van der Waals surface area (Å²) in [6, 6.07) is 0.853. The molecular weight excluding hydrogens is 420 g/mol. The first-order valence-electron chi connectivity index (χ1n) is 9.47. The summed E-state index contributed by atoms with van der Waals surface area (Å²) in [6.45, 7) is 3.41. The Morgan fingerprint density at radius 2 is 2.29 bits per heavy atom. The molecule has 31 heavy (non-hydrogen) atoms.